The second-order valence-electron chi connectivity index (χ2n) is 12.9. The van der Waals surface area contributed by atoms with Crippen molar-refractivity contribution in [2.45, 2.75) is 42.9 Å². The Morgan fingerprint density at radius 1 is 0.759 bits per heavy atom. The zero-order chi connectivity index (χ0) is 37.6. The lowest BCUT2D eigenvalue weighted by molar-refractivity contribution is -0.126. The number of aliphatic hydroxyl groups is 1. The number of rotatable bonds is 19. The molecule has 54 heavy (non-hydrogen) atoms. The maximum Gasteiger partial charge on any atom is 0.251 e. The van der Waals surface area contributed by atoms with Crippen molar-refractivity contribution in [2.24, 2.45) is 4.99 Å². The van der Waals surface area contributed by atoms with Crippen molar-refractivity contribution in [3.05, 3.63) is 156 Å². The number of aliphatic imine (C=N–C) groups is 1. The number of nitrogens with one attached hydrogen (secondary N) is 1. The fourth-order valence-electron chi connectivity index (χ4n) is 5.85. The number of hydrogen-bond donors (Lipinski definition) is 2. The summed E-state index contributed by atoms with van der Waals surface area (Å²) < 4.78 is 50.6. The van der Waals surface area contributed by atoms with Crippen molar-refractivity contribution in [3.8, 4) is 17.2 Å². The Bertz CT molecular complexity index is 2090. The molecule has 0 fully saturated rings. The van der Waals surface area contributed by atoms with Crippen LogP contribution in [-0.4, -0.2) is 63.0 Å². The number of hydrogen-bond acceptors (Lipinski definition) is 9. The standard InChI is InChI=1S/C43H44N2O8S/c46-26-10-27-50-37-20-18-36(19-21-37)41-45-43(32-53-41,24-28-54(48,49)38-15-8-3-9-16-38)42(47)44-25-23-33-17-22-39(51-30-34-11-4-1-5-12-34)40(29-33)52-31-35-13-6-2-7-14-35/h1-9,11-22,29,46H,10,23-28,30-32H2,(H,44,47)/t43-/m1/s1. The van der Waals surface area contributed by atoms with Crippen LogP contribution >= 0.6 is 0 Å². The first-order chi connectivity index (χ1) is 26.3. The van der Waals surface area contributed by atoms with Gasteiger partial charge in [-0.25, -0.2) is 13.4 Å². The van der Waals surface area contributed by atoms with Gasteiger partial charge < -0.3 is 29.4 Å². The molecule has 0 unspecified atom stereocenters. The summed E-state index contributed by atoms with van der Waals surface area (Å²) in [5.41, 5.74) is 2.13. The van der Waals surface area contributed by atoms with Crippen LogP contribution in [0.5, 0.6) is 17.2 Å². The molecule has 5 aromatic rings. The van der Waals surface area contributed by atoms with Crippen LogP contribution in [-0.2, 0) is 39.0 Å². The molecule has 0 spiro atoms. The van der Waals surface area contributed by atoms with E-state index in [1.54, 1.807) is 54.6 Å². The highest BCUT2D eigenvalue weighted by Crippen LogP contribution is 2.31. The SMILES string of the molecule is O=C(NCCc1ccc(OCc2ccccc2)c(OCc2ccccc2)c1)[C@@]1(CCS(=O)(=O)c2ccccc2)COC(c2ccc(OCCCO)cc2)=N1. The lowest BCUT2D eigenvalue weighted by Gasteiger charge is -2.23. The van der Waals surface area contributed by atoms with Crippen LogP contribution in [0.1, 0.15) is 35.1 Å². The number of benzene rings is 5. The quantitative estimate of drug-likeness (QED) is 0.0936. The predicted octanol–water partition coefficient (Wildman–Crippen LogP) is 6.34. The van der Waals surface area contributed by atoms with Gasteiger partial charge in [0.2, 0.25) is 5.90 Å². The molecule has 1 heterocycles. The monoisotopic (exact) mass is 748 g/mol. The average molecular weight is 749 g/mol. The summed E-state index contributed by atoms with van der Waals surface area (Å²) in [4.78, 5) is 18.9. The Balaban J connectivity index is 1.16. The molecule has 6 rings (SSSR count). The van der Waals surface area contributed by atoms with E-state index in [4.69, 9.17) is 29.0 Å². The summed E-state index contributed by atoms with van der Waals surface area (Å²) >= 11 is 0. The zero-order valence-electron chi connectivity index (χ0n) is 29.9. The molecule has 2 N–H and O–H groups in total. The summed E-state index contributed by atoms with van der Waals surface area (Å²) in [7, 11) is -3.70. The average Bonchev–Trinajstić information content (AvgIpc) is 3.66. The molecule has 5 aromatic carbocycles. The molecule has 280 valence electrons. The van der Waals surface area contributed by atoms with Gasteiger partial charge in [0.25, 0.3) is 5.91 Å². The summed E-state index contributed by atoms with van der Waals surface area (Å²) in [6.45, 7) is 1.30. The van der Waals surface area contributed by atoms with Crippen LogP contribution < -0.4 is 19.5 Å². The number of carbonyl (C=O) groups excluding carboxylic acids is 1. The van der Waals surface area contributed by atoms with Crippen LogP contribution in [0.2, 0.25) is 0 Å². The van der Waals surface area contributed by atoms with Gasteiger partial charge in [0.15, 0.2) is 26.9 Å². The molecule has 0 radical (unpaired) electrons. The van der Waals surface area contributed by atoms with E-state index in [0.29, 0.717) is 55.5 Å². The number of ether oxygens (including phenoxy) is 4. The molecule has 1 atom stereocenters. The van der Waals surface area contributed by atoms with E-state index < -0.39 is 21.3 Å². The van der Waals surface area contributed by atoms with Crippen LogP contribution in [0.15, 0.2) is 143 Å². The first-order valence-electron chi connectivity index (χ1n) is 17.9. The van der Waals surface area contributed by atoms with Gasteiger partial charge in [0, 0.05) is 25.1 Å². The van der Waals surface area contributed by atoms with Gasteiger partial charge in [0.1, 0.15) is 25.6 Å². The smallest absolute Gasteiger partial charge is 0.251 e. The highest BCUT2D eigenvalue weighted by molar-refractivity contribution is 7.91. The second-order valence-corrected chi connectivity index (χ2v) is 15.0. The Morgan fingerprint density at radius 3 is 2.04 bits per heavy atom. The molecular formula is C43H44N2O8S. The van der Waals surface area contributed by atoms with Gasteiger partial charge in [-0.15, -0.1) is 0 Å². The minimum Gasteiger partial charge on any atom is -0.494 e. The minimum atomic E-state index is -3.70. The lowest BCUT2D eigenvalue weighted by atomic mass is 9.97. The van der Waals surface area contributed by atoms with Crippen molar-refractivity contribution in [1.29, 1.82) is 0 Å². The van der Waals surface area contributed by atoms with Gasteiger partial charge in [-0.3, -0.25) is 4.79 Å². The predicted molar refractivity (Wildman–Crippen MR) is 207 cm³/mol. The Labute approximate surface area is 316 Å². The molecule has 0 aliphatic carbocycles. The summed E-state index contributed by atoms with van der Waals surface area (Å²) in [5, 5.41) is 12.0. The van der Waals surface area contributed by atoms with Crippen LogP contribution in [0, 0.1) is 0 Å². The molecule has 0 aromatic heterocycles. The molecule has 0 bridgehead atoms. The third-order valence-electron chi connectivity index (χ3n) is 8.93. The third kappa shape index (κ3) is 10.3. The van der Waals surface area contributed by atoms with Gasteiger partial charge >= 0.3 is 0 Å². The van der Waals surface area contributed by atoms with Crippen molar-refractivity contribution < 1.29 is 37.3 Å². The van der Waals surface area contributed by atoms with E-state index in [-0.39, 0.29) is 42.7 Å². The van der Waals surface area contributed by atoms with E-state index in [2.05, 4.69) is 5.32 Å². The van der Waals surface area contributed by atoms with Crippen LogP contribution in [0.4, 0.5) is 0 Å². The first kappa shape index (κ1) is 38.1. The zero-order valence-corrected chi connectivity index (χ0v) is 30.7. The molecule has 0 saturated heterocycles. The van der Waals surface area contributed by atoms with Crippen LogP contribution in [0.25, 0.3) is 0 Å². The van der Waals surface area contributed by atoms with E-state index in [1.165, 1.54) is 0 Å². The van der Waals surface area contributed by atoms with Crippen molar-refractivity contribution in [2.75, 3.05) is 32.1 Å². The largest absolute Gasteiger partial charge is 0.494 e. The number of carbonyl (C=O) groups is 1. The second kappa shape index (κ2) is 18.4. The highest BCUT2D eigenvalue weighted by atomic mass is 32.2. The summed E-state index contributed by atoms with van der Waals surface area (Å²) in [6, 6.07) is 40.7. The van der Waals surface area contributed by atoms with Crippen molar-refractivity contribution in [3.63, 3.8) is 0 Å². The topological polar surface area (TPSA) is 133 Å². The van der Waals surface area contributed by atoms with Gasteiger partial charge in [-0.05, 0) is 78.1 Å². The molecule has 10 nitrogen and oxygen atoms in total. The van der Waals surface area contributed by atoms with E-state index in [9.17, 15) is 13.2 Å². The fraction of sp³-hybridized carbons (Fsp3) is 0.256. The van der Waals surface area contributed by atoms with E-state index in [0.717, 1.165) is 16.7 Å². The maximum atomic E-state index is 14.0. The van der Waals surface area contributed by atoms with Crippen molar-refractivity contribution >= 4 is 21.6 Å². The Hall–Kier alpha value is -5.65. The number of nitrogens with zero attached hydrogens (tertiary/aromatic N) is 1. The molecular weight excluding hydrogens is 705 g/mol. The molecule has 0 saturated carbocycles. The summed E-state index contributed by atoms with van der Waals surface area (Å²) in [6.07, 6.45) is 0.908. The summed E-state index contributed by atoms with van der Waals surface area (Å²) in [5.74, 6) is 1.34. The Morgan fingerprint density at radius 2 is 1.39 bits per heavy atom. The molecule has 1 aliphatic heterocycles. The van der Waals surface area contributed by atoms with Crippen molar-refractivity contribution in [1.82, 2.24) is 5.32 Å². The lowest BCUT2D eigenvalue weighted by Crippen LogP contribution is -2.48. The van der Waals surface area contributed by atoms with Gasteiger partial charge in [0.05, 0.1) is 17.3 Å². The molecule has 1 amide bonds. The number of aliphatic hydroxyl groups excluding tert-OH is 1. The molecule has 11 heteroatoms. The van der Waals surface area contributed by atoms with Crippen LogP contribution in [0.3, 0.4) is 0 Å². The first-order valence-corrected chi connectivity index (χ1v) is 19.6. The van der Waals surface area contributed by atoms with E-state index in [1.807, 2.05) is 78.9 Å². The van der Waals surface area contributed by atoms with E-state index >= 15 is 0 Å². The maximum absolute atomic E-state index is 14.0. The third-order valence-corrected chi connectivity index (χ3v) is 10.7. The fourth-order valence-corrected chi connectivity index (χ4v) is 7.26. The Kier molecular flexibility index (Phi) is 13.0. The number of sulfone groups is 1. The minimum absolute atomic E-state index is 0.0352. The van der Waals surface area contributed by atoms with Gasteiger partial charge in [-0.2, -0.15) is 0 Å². The highest BCUT2D eigenvalue weighted by Gasteiger charge is 2.45. The molecule has 1 aliphatic rings. The number of amides is 1. The van der Waals surface area contributed by atoms with Gasteiger partial charge in [-0.1, -0.05) is 84.9 Å². The normalized spacial score (nSPS) is 15.2.